The van der Waals surface area contributed by atoms with Crippen LogP contribution in [0.5, 0.6) is 0 Å². The Morgan fingerprint density at radius 1 is 1.00 bits per heavy atom. The number of anilines is 1. The van der Waals surface area contributed by atoms with Crippen molar-refractivity contribution in [2.75, 3.05) is 11.0 Å². The Labute approximate surface area is 174 Å². The standard InChI is InChI=1S/C22H18ClNO2S2/c1-28(25,26)24-18-6-4-5-15(11-18)12-21-19-10-9-17(23)13-16(19)14-27-22-8-3-2-7-20(21)22/h2-13,24H,14H2,1H3/b21-12+. The normalized spacial score (nSPS) is 14.9. The number of nitrogens with one attached hydrogen (secondary N) is 1. The fourth-order valence-electron chi connectivity index (χ4n) is 3.29. The van der Waals surface area contributed by atoms with Crippen molar-refractivity contribution in [1.82, 2.24) is 0 Å². The summed E-state index contributed by atoms with van der Waals surface area (Å²) in [5.74, 6) is 0.847. The van der Waals surface area contributed by atoms with Crippen molar-refractivity contribution < 1.29 is 8.42 Å². The SMILES string of the molecule is CS(=O)(=O)Nc1cccc(/C=C2\c3ccc(Cl)cc3CSc3ccccc32)c1. The van der Waals surface area contributed by atoms with Crippen LogP contribution < -0.4 is 4.72 Å². The van der Waals surface area contributed by atoms with Gasteiger partial charge in [0.05, 0.1) is 6.26 Å². The molecule has 3 nitrogen and oxygen atoms in total. The Morgan fingerprint density at radius 3 is 2.64 bits per heavy atom. The predicted octanol–water partition coefficient (Wildman–Crippen LogP) is 5.91. The minimum Gasteiger partial charge on any atom is -0.284 e. The number of benzene rings is 3. The second-order valence-corrected chi connectivity index (χ2v) is 9.85. The second kappa shape index (κ2) is 7.66. The molecule has 3 aromatic carbocycles. The molecular formula is C22H18ClNO2S2. The summed E-state index contributed by atoms with van der Waals surface area (Å²) in [7, 11) is -3.32. The van der Waals surface area contributed by atoms with E-state index >= 15 is 0 Å². The average molecular weight is 428 g/mol. The molecule has 142 valence electrons. The third kappa shape index (κ3) is 4.27. The van der Waals surface area contributed by atoms with E-state index in [1.54, 1.807) is 17.8 Å². The van der Waals surface area contributed by atoms with Gasteiger partial charge in [-0.2, -0.15) is 0 Å². The summed E-state index contributed by atoms with van der Waals surface area (Å²) >= 11 is 8.03. The highest BCUT2D eigenvalue weighted by Gasteiger charge is 2.18. The van der Waals surface area contributed by atoms with E-state index in [2.05, 4.69) is 29.0 Å². The monoisotopic (exact) mass is 427 g/mol. The molecule has 0 bridgehead atoms. The first-order chi connectivity index (χ1) is 13.4. The van der Waals surface area contributed by atoms with Gasteiger partial charge < -0.3 is 0 Å². The molecule has 1 heterocycles. The Morgan fingerprint density at radius 2 is 1.82 bits per heavy atom. The van der Waals surface area contributed by atoms with E-state index in [1.807, 2.05) is 42.5 Å². The Hall–Kier alpha value is -2.21. The van der Waals surface area contributed by atoms with Crippen LogP contribution in [0, 0.1) is 0 Å². The maximum absolute atomic E-state index is 11.6. The van der Waals surface area contributed by atoms with Gasteiger partial charge in [-0.25, -0.2) is 8.42 Å². The molecule has 4 rings (SSSR count). The molecule has 3 aromatic rings. The Bertz CT molecular complexity index is 1190. The van der Waals surface area contributed by atoms with Crippen molar-refractivity contribution in [2.24, 2.45) is 0 Å². The first-order valence-electron chi connectivity index (χ1n) is 8.70. The molecule has 0 atom stereocenters. The lowest BCUT2D eigenvalue weighted by molar-refractivity contribution is 0.607. The molecule has 0 saturated carbocycles. The van der Waals surface area contributed by atoms with E-state index in [1.165, 1.54) is 10.5 Å². The highest BCUT2D eigenvalue weighted by Crippen LogP contribution is 2.41. The van der Waals surface area contributed by atoms with Crippen LogP contribution in [0.25, 0.3) is 11.6 Å². The van der Waals surface area contributed by atoms with E-state index < -0.39 is 10.0 Å². The van der Waals surface area contributed by atoms with Gasteiger partial charge in [0.15, 0.2) is 0 Å². The Balaban J connectivity index is 1.88. The smallest absolute Gasteiger partial charge is 0.229 e. The van der Waals surface area contributed by atoms with Gasteiger partial charge in [-0.05, 0) is 64.2 Å². The third-order valence-corrected chi connectivity index (χ3v) is 6.38. The van der Waals surface area contributed by atoms with Gasteiger partial charge >= 0.3 is 0 Å². The first kappa shape index (κ1) is 19.1. The fourth-order valence-corrected chi connectivity index (χ4v) is 5.10. The van der Waals surface area contributed by atoms with E-state index in [0.717, 1.165) is 39.3 Å². The molecule has 0 radical (unpaired) electrons. The number of fused-ring (bicyclic) bond motifs is 2. The number of hydrogen-bond acceptors (Lipinski definition) is 3. The highest BCUT2D eigenvalue weighted by atomic mass is 35.5. The zero-order valence-electron chi connectivity index (χ0n) is 15.1. The molecule has 0 unspecified atom stereocenters. The van der Waals surface area contributed by atoms with Crippen molar-refractivity contribution in [2.45, 2.75) is 10.6 Å². The summed E-state index contributed by atoms with van der Waals surface area (Å²) in [6.45, 7) is 0. The summed E-state index contributed by atoms with van der Waals surface area (Å²) in [5.41, 5.74) is 6.06. The lowest BCUT2D eigenvalue weighted by Gasteiger charge is -2.12. The molecule has 0 amide bonds. The minimum atomic E-state index is -3.32. The van der Waals surface area contributed by atoms with Crippen LogP contribution >= 0.6 is 23.4 Å². The van der Waals surface area contributed by atoms with Gasteiger partial charge in [-0.15, -0.1) is 11.8 Å². The molecule has 0 aromatic heterocycles. The summed E-state index contributed by atoms with van der Waals surface area (Å²) in [4.78, 5) is 1.21. The van der Waals surface area contributed by atoms with Gasteiger partial charge in [-0.1, -0.05) is 48.0 Å². The van der Waals surface area contributed by atoms with Crippen LogP contribution in [0.4, 0.5) is 5.69 Å². The Kier molecular flexibility index (Phi) is 5.23. The lowest BCUT2D eigenvalue weighted by atomic mass is 9.92. The second-order valence-electron chi connectivity index (χ2n) is 6.64. The zero-order chi connectivity index (χ0) is 19.7. The van der Waals surface area contributed by atoms with E-state index in [9.17, 15) is 8.42 Å². The molecule has 28 heavy (non-hydrogen) atoms. The van der Waals surface area contributed by atoms with Crippen LogP contribution in [0.2, 0.25) is 5.02 Å². The summed E-state index contributed by atoms with van der Waals surface area (Å²) in [6, 6.07) is 21.7. The molecule has 0 spiro atoms. The van der Waals surface area contributed by atoms with Crippen LogP contribution in [-0.4, -0.2) is 14.7 Å². The van der Waals surface area contributed by atoms with Crippen LogP contribution in [0.1, 0.15) is 22.3 Å². The summed E-state index contributed by atoms with van der Waals surface area (Å²) < 4.78 is 25.7. The molecule has 0 fully saturated rings. The molecule has 1 aliphatic rings. The molecular weight excluding hydrogens is 410 g/mol. The number of thioether (sulfide) groups is 1. The lowest BCUT2D eigenvalue weighted by Crippen LogP contribution is -2.09. The number of sulfonamides is 1. The zero-order valence-corrected chi connectivity index (χ0v) is 17.5. The third-order valence-electron chi connectivity index (χ3n) is 4.42. The largest absolute Gasteiger partial charge is 0.284 e. The summed E-state index contributed by atoms with van der Waals surface area (Å²) in [5, 5.41) is 0.726. The van der Waals surface area contributed by atoms with E-state index in [4.69, 9.17) is 11.6 Å². The van der Waals surface area contributed by atoms with Gasteiger partial charge in [0, 0.05) is 21.4 Å². The number of halogens is 1. The maximum Gasteiger partial charge on any atom is 0.229 e. The van der Waals surface area contributed by atoms with E-state index in [0.29, 0.717) is 5.69 Å². The van der Waals surface area contributed by atoms with Gasteiger partial charge in [-0.3, -0.25) is 4.72 Å². The quantitative estimate of drug-likeness (QED) is 0.565. The first-order valence-corrected chi connectivity index (χ1v) is 12.0. The molecule has 6 heteroatoms. The van der Waals surface area contributed by atoms with Crippen LogP contribution in [0.3, 0.4) is 0 Å². The van der Waals surface area contributed by atoms with Gasteiger partial charge in [0.2, 0.25) is 10.0 Å². The number of hydrogen-bond donors (Lipinski definition) is 1. The van der Waals surface area contributed by atoms with Crippen molar-refractivity contribution in [1.29, 1.82) is 0 Å². The van der Waals surface area contributed by atoms with E-state index in [-0.39, 0.29) is 0 Å². The maximum atomic E-state index is 11.6. The van der Waals surface area contributed by atoms with Crippen molar-refractivity contribution in [3.8, 4) is 0 Å². The van der Waals surface area contributed by atoms with Crippen molar-refractivity contribution in [3.05, 3.63) is 94.0 Å². The van der Waals surface area contributed by atoms with Crippen LogP contribution in [0.15, 0.2) is 71.6 Å². The summed E-state index contributed by atoms with van der Waals surface area (Å²) in [6.07, 6.45) is 3.25. The predicted molar refractivity (Wildman–Crippen MR) is 119 cm³/mol. The van der Waals surface area contributed by atoms with Crippen molar-refractivity contribution in [3.63, 3.8) is 0 Å². The highest BCUT2D eigenvalue weighted by molar-refractivity contribution is 7.98. The van der Waals surface area contributed by atoms with Crippen molar-refractivity contribution >= 4 is 50.7 Å². The van der Waals surface area contributed by atoms with Crippen LogP contribution in [-0.2, 0) is 15.8 Å². The van der Waals surface area contributed by atoms with Gasteiger partial charge in [0.1, 0.15) is 0 Å². The van der Waals surface area contributed by atoms with Gasteiger partial charge in [0.25, 0.3) is 0 Å². The molecule has 0 saturated heterocycles. The fraction of sp³-hybridized carbons (Fsp3) is 0.0909. The molecule has 1 N–H and O–H groups in total. The topological polar surface area (TPSA) is 46.2 Å². The molecule has 1 aliphatic heterocycles. The average Bonchev–Trinajstić information content (AvgIpc) is 2.78. The molecule has 0 aliphatic carbocycles. The number of rotatable bonds is 3. The minimum absolute atomic E-state index is 0.546.